The number of carbonyl (C=O) groups excluding carboxylic acids is 2. The van der Waals surface area contributed by atoms with Crippen molar-refractivity contribution in [3.05, 3.63) is 11.3 Å². The van der Waals surface area contributed by atoms with Gasteiger partial charge in [-0.05, 0) is 18.9 Å². The molecule has 0 radical (unpaired) electrons. The van der Waals surface area contributed by atoms with Crippen molar-refractivity contribution in [3.63, 3.8) is 0 Å². The highest BCUT2D eigenvalue weighted by Gasteiger charge is 2.44. The zero-order valence-electron chi connectivity index (χ0n) is 10.5. The van der Waals surface area contributed by atoms with Crippen LogP contribution in [0.15, 0.2) is 11.3 Å². The largest absolute Gasteiger partial charge is 0.493 e. The molecule has 0 amide bonds. The molecule has 17 heavy (non-hydrogen) atoms. The quantitative estimate of drug-likeness (QED) is 0.576. The maximum atomic E-state index is 12.1. The molecular formula is C12H17ClO4. The Hall–Kier alpha value is -1.03. The van der Waals surface area contributed by atoms with E-state index in [1.807, 2.05) is 20.8 Å². The number of methoxy groups -OCH3 is 1. The predicted octanol–water partition coefficient (Wildman–Crippen LogP) is 2.06. The molecular weight excluding hydrogens is 244 g/mol. The van der Waals surface area contributed by atoms with E-state index in [1.165, 1.54) is 7.11 Å². The van der Waals surface area contributed by atoms with E-state index < -0.39 is 17.5 Å². The summed E-state index contributed by atoms with van der Waals surface area (Å²) < 4.78 is 10.2. The second kappa shape index (κ2) is 5.08. The number of halogens is 1. The first kappa shape index (κ1) is 14.0. The van der Waals surface area contributed by atoms with Crippen molar-refractivity contribution in [2.75, 3.05) is 13.0 Å². The minimum atomic E-state index is -0.826. The molecule has 0 bridgehead atoms. The third-order valence-electron chi connectivity index (χ3n) is 2.84. The van der Waals surface area contributed by atoms with Crippen LogP contribution in [-0.4, -0.2) is 30.8 Å². The summed E-state index contributed by atoms with van der Waals surface area (Å²) in [7, 11) is 1.44. The normalized spacial score (nSPS) is 23.6. The zero-order chi connectivity index (χ0) is 13.2. The molecule has 0 fully saturated rings. The third-order valence-corrected chi connectivity index (χ3v) is 3.06. The molecule has 1 rings (SSSR count). The van der Waals surface area contributed by atoms with Crippen LogP contribution < -0.4 is 0 Å². The van der Waals surface area contributed by atoms with Gasteiger partial charge in [0, 0.05) is 5.41 Å². The molecule has 0 N–H and O–H groups in total. The van der Waals surface area contributed by atoms with E-state index >= 15 is 0 Å². The maximum Gasteiger partial charge on any atom is 0.321 e. The van der Waals surface area contributed by atoms with Crippen molar-refractivity contribution in [3.8, 4) is 0 Å². The van der Waals surface area contributed by atoms with Gasteiger partial charge in [0.2, 0.25) is 5.78 Å². The van der Waals surface area contributed by atoms with Gasteiger partial charge >= 0.3 is 5.97 Å². The Labute approximate surface area is 106 Å². The molecule has 4 nitrogen and oxygen atoms in total. The summed E-state index contributed by atoms with van der Waals surface area (Å²) in [5.41, 5.74) is 0.436. The number of hydrogen-bond donors (Lipinski definition) is 0. The number of esters is 1. The summed E-state index contributed by atoms with van der Waals surface area (Å²) in [5, 5.41) is 0. The molecule has 0 aliphatic heterocycles. The molecule has 1 atom stereocenters. The predicted molar refractivity (Wildman–Crippen MR) is 63.7 cm³/mol. The molecule has 0 aromatic carbocycles. The van der Waals surface area contributed by atoms with Gasteiger partial charge in [-0.3, -0.25) is 9.59 Å². The summed E-state index contributed by atoms with van der Waals surface area (Å²) in [5.74, 6) is -0.852. The van der Waals surface area contributed by atoms with Gasteiger partial charge in [0.15, 0.2) is 11.9 Å². The average molecular weight is 261 g/mol. The molecule has 0 heterocycles. The maximum absolute atomic E-state index is 12.1. The van der Waals surface area contributed by atoms with Crippen LogP contribution in [0.25, 0.3) is 0 Å². The van der Waals surface area contributed by atoms with Gasteiger partial charge in [0.25, 0.3) is 0 Å². The number of allylic oxidation sites excluding steroid dienone is 1. The van der Waals surface area contributed by atoms with Crippen molar-refractivity contribution in [1.29, 1.82) is 0 Å². The van der Waals surface area contributed by atoms with Crippen LogP contribution in [0.3, 0.4) is 0 Å². The second-order valence-corrected chi connectivity index (χ2v) is 5.11. The summed E-state index contributed by atoms with van der Waals surface area (Å²) in [6, 6.07) is 0. The van der Waals surface area contributed by atoms with Crippen LogP contribution in [0.4, 0.5) is 0 Å². The summed E-state index contributed by atoms with van der Waals surface area (Å²) >= 11 is 5.38. The molecule has 1 aliphatic carbocycles. The lowest BCUT2D eigenvalue weighted by molar-refractivity contribution is -0.160. The minimum Gasteiger partial charge on any atom is -0.493 e. The van der Waals surface area contributed by atoms with E-state index in [4.69, 9.17) is 21.1 Å². The molecule has 96 valence electrons. The van der Waals surface area contributed by atoms with Gasteiger partial charge in [-0.25, -0.2) is 0 Å². The van der Waals surface area contributed by atoms with E-state index in [9.17, 15) is 9.59 Å². The van der Waals surface area contributed by atoms with Crippen LogP contribution >= 0.6 is 11.6 Å². The topological polar surface area (TPSA) is 52.6 Å². The van der Waals surface area contributed by atoms with Gasteiger partial charge in [-0.2, -0.15) is 0 Å². The minimum absolute atomic E-state index is 0.259. The van der Waals surface area contributed by atoms with Crippen molar-refractivity contribution < 1.29 is 19.1 Å². The SMILES string of the molecule is COC1=C(C)CC(C)(C)C(OC(=O)CCl)C1=O. The Morgan fingerprint density at radius 2 is 2.12 bits per heavy atom. The first-order valence-corrected chi connectivity index (χ1v) is 5.90. The molecule has 0 saturated heterocycles. The number of hydrogen-bond acceptors (Lipinski definition) is 4. The third kappa shape index (κ3) is 2.80. The van der Waals surface area contributed by atoms with Crippen molar-refractivity contribution in [2.24, 2.45) is 5.41 Å². The average Bonchev–Trinajstić information content (AvgIpc) is 2.23. The van der Waals surface area contributed by atoms with Crippen LogP contribution in [0.1, 0.15) is 27.2 Å². The number of alkyl halides is 1. The van der Waals surface area contributed by atoms with E-state index in [-0.39, 0.29) is 17.4 Å². The lowest BCUT2D eigenvalue weighted by Crippen LogP contribution is -2.45. The standard InChI is InChI=1S/C12H17ClO4/c1-7-5-12(2,3)11(17-8(14)6-13)9(15)10(7)16-4/h11H,5-6H2,1-4H3. The highest BCUT2D eigenvalue weighted by Crippen LogP contribution is 2.38. The summed E-state index contributed by atoms with van der Waals surface area (Å²) in [4.78, 5) is 23.4. The van der Waals surface area contributed by atoms with E-state index in [2.05, 4.69) is 0 Å². The number of ether oxygens (including phenoxy) is 2. The molecule has 5 heteroatoms. The fraction of sp³-hybridized carbons (Fsp3) is 0.667. The van der Waals surface area contributed by atoms with Crippen LogP contribution in [0.2, 0.25) is 0 Å². The number of carbonyl (C=O) groups is 2. The lowest BCUT2D eigenvalue weighted by atomic mass is 9.74. The fourth-order valence-electron chi connectivity index (χ4n) is 2.19. The molecule has 1 aliphatic rings. The van der Waals surface area contributed by atoms with Gasteiger partial charge < -0.3 is 9.47 Å². The highest BCUT2D eigenvalue weighted by molar-refractivity contribution is 6.26. The Morgan fingerprint density at radius 3 is 2.59 bits per heavy atom. The Morgan fingerprint density at radius 1 is 1.53 bits per heavy atom. The van der Waals surface area contributed by atoms with Gasteiger partial charge in [-0.15, -0.1) is 11.6 Å². The Kier molecular flexibility index (Phi) is 4.20. The first-order chi connectivity index (χ1) is 7.83. The van der Waals surface area contributed by atoms with Gasteiger partial charge in [0.05, 0.1) is 7.11 Å². The molecule has 0 spiro atoms. The monoisotopic (exact) mass is 260 g/mol. The van der Waals surface area contributed by atoms with Crippen LogP contribution in [-0.2, 0) is 19.1 Å². The van der Waals surface area contributed by atoms with Gasteiger partial charge in [0.1, 0.15) is 5.88 Å². The summed E-state index contributed by atoms with van der Waals surface area (Å²) in [6.45, 7) is 5.61. The molecule has 0 saturated carbocycles. The fourth-order valence-corrected chi connectivity index (χ4v) is 2.25. The molecule has 1 unspecified atom stereocenters. The van der Waals surface area contributed by atoms with Crippen molar-refractivity contribution in [2.45, 2.75) is 33.3 Å². The van der Waals surface area contributed by atoms with Crippen molar-refractivity contribution in [1.82, 2.24) is 0 Å². The molecule has 0 aromatic rings. The number of rotatable bonds is 3. The second-order valence-electron chi connectivity index (χ2n) is 4.85. The number of ketones is 1. The van der Waals surface area contributed by atoms with Gasteiger partial charge in [-0.1, -0.05) is 13.8 Å². The van der Waals surface area contributed by atoms with Crippen LogP contribution in [0.5, 0.6) is 0 Å². The lowest BCUT2D eigenvalue weighted by Gasteiger charge is -2.37. The van der Waals surface area contributed by atoms with E-state index in [1.54, 1.807) is 0 Å². The Bertz CT molecular complexity index is 371. The molecule has 0 aromatic heterocycles. The van der Waals surface area contributed by atoms with Crippen molar-refractivity contribution >= 4 is 23.4 Å². The van der Waals surface area contributed by atoms with Crippen LogP contribution in [0, 0.1) is 5.41 Å². The number of Topliss-reactive ketones (excluding diaryl/α,β-unsaturated/α-hetero) is 1. The smallest absolute Gasteiger partial charge is 0.321 e. The van der Waals surface area contributed by atoms with E-state index in [0.717, 1.165) is 5.57 Å². The highest BCUT2D eigenvalue weighted by atomic mass is 35.5. The zero-order valence-corrected chi connectivity index (χ0v) is 11.3. The van der Waals surface area contributed by atoms with E-state index in [0.29, 0.717) is 6.42 Å². The summed E-state index contributed by atoms with van der Waals surface area (Å²) in [6.07, 6.45) is -0.185. The first-order valence-electron chi connectivity index (χ1n) is 5.37. The Balaban J connectivity index is 3.04.